The molecule has 0 saturated heterocycles. The van der Waals surface area contributed by atoms with Crippen LogP contribution in [0.4, 0.5) is 0 Å². The number of nitrogens with zero attached hydrogens (tertiary/aromatic N) is 2. The number of hydrogen-bond acceptors (Lipinski definition) is 7. The van der Waals surface area contributed by atoms with Gasteiger partial charge in [-0.1, -0.05) is 59.0 Å². The maximum atomic E-state index is 13.7. The van der Waals surface area contributed by atoms with Gasteiger partial charge in [0.05, 0.1) is 42.8 Å². The molecule has 3 atom stereocenters. The van der Waals surface area contributed by atoms with Crippen LogP contribution >= 0.6 is 0 Å². The molecule has 3 aromatic rings. The lowest BCUT2D eigenvalue weighted by Gasteiger charge is -2.40. The normalized spacial score (nSPS) is 19.9. The first-order valence-corrected chi connectivity index (χ1v) is 16.4. The summed E-state index contributed by atoms with van der Waals surface area (Å²) in [6, 6.07) is 11.6. The summed E-state index contributed by atoms with van der Waals surface area (Å²) >= 11 is 0. The van der Waals surface area contributed by atoms with Crippen LogP contribution in [0.3, 0.4) is 0 Å². The molecule has 0 aliphatic carbocycles. The maximum absolute atomic E-state index is 13.7. The smallest absolute Gasteiger partial charge is 0.355 e. The molecule has 0 spiro atoms. The second-order valence-corrected chi connectivity index (χ2v) is 16.7. The van der Waals surface area contributed by atoms with E-state index in [1.54, 1.807) is 17.6 Å². The number of carbonyl (C=O) groups is 2. The number of ether oxygens (including phenoxy) is 2. The van der Waals surface area contributed by atoms with Crippen LogP contribution in [-0.4, -0.2) is 35.2 Å². The first-order valence-electron chi connectivity index (χ1n) is 13.2. The lowest BCUT2D eigenvalue weighted by molar-refractivity contribution is -0.189. The number of esters is 2. The van der Waals surface area contributed by atoms with Crippen LogP contribution in [0.25, 0.3) is 22.3 Å². The summed E-state index contributed by atoms with van der Waals surface area (Å²) in [6.07, 6.45) is 0.111. The van der Waals surface area contributed by atoms with E-state index in [0.29, 0.717) is 35.0 Å². The first kappa shape index (κ1) is 26.3. The summed E-state index contributed by atoms with van der Waals surface area (Å²) in [5.74, 6) is -0.966. The van der Waals surface area contributed by atoms with Gasteiger partial charge >= 0.3 is 11.9 Å². The number of para-hydroxylation sites is 1. The molecule has 2 N–H and O–H groups in total. The Morgan fingerprint density at radius 1 is 1.21 bits per heavy atom. The fourth-order valence-electron chi connectivity index (χ4n) is 5.76. The largest absolute Gasteiger partial charge is 0.457 e. The van der Waals surface area contributed by atoms with Crippen LogP contribution in [0.5, 0.6) is 0 Å². The highest BCUT2D eigenvalue weighted by atomic mass is 28.3. The Morgan fingerprint density at radius 3 is 2.61 bits per heavy atom. The van der Waals surface area contributed by atoms with Gasteiger partial charge in [-0.2, -0.15) is 0 Å². The number of nitrogens with two attached hydrogens (primary N) is 1. The van der Waals surface area contributed by atoms with E-state index in [4.69, 9.17) is 20.2 Å². The zero-order chi connectivity index (χ0) is 27.6. The van der Waals surface area contributed by atoms with Gasteiger partial charge in [0.1, 0.15) is 6.61 Å². The van der Waals surface area contributed by atoms with Crippen LogP contribution in [0, 0.1) is 5.92 Å². The molecule has 2 aliphatic heterocycles. The van der Waals surface area contributed by atoms with Crippen LogP contribution in [0.2, 0.25) is 18.6 Å². The quantitative estimate of drug-likeness (QED) is 0.291. The maximum Gasteiger partial charge on any atom is 0.355 e. The molecule has 4 heterocycles. The first-order chi connectivity index (χ1) is 17.9. The molecule has 8 nitrogen and oxygen atoms in total. The molecule has 38 heavy (non-hydrogen) atoms. The van der Waals surface area contributed by atoms with Crippen molar-refractivity contribution in [3.8, 4) is 11.4 Å². The Kier molecular flexibility index (Phi) is 6.35. The number of hydrogen-bond donors (Lipinski definition) is 1. The Morgan fingerprint density at radius 2 is 1.92 bits per heavy atom. The number of pyridine rings is 2. The van der Waals surface area contributed by atoms with Crippen LogP contribution in [-0.2, 0) is 37.8 Å². The Balaban J connectivity index is 1.62. The predicted molar refractivity (Wildman–Crippen MR) is 148 cm³/mol. The van der Waals surface area contributed by atoms with Gasteiger partial charge in [-0.15, -0.1) is 0 Å². The van der Waals surface area contributed by atoms with Gasteiger partial charge in [0.15, 0.2) is 0 Å². The van der Waals surface area contributed by atoms with Crippen molar-refractivity contribution in [2.75, 3.05) is 0 Å². The second kappa shape index (κ2) is 9.16. The molecule has 0 radical (unpaired) electrons. The number of aromatic nitrogens is 2. The zero-order valence-corrected chi connectivity index (χ0v) is 23.8. The minimum absolute atomic E-state index is 0.111. The van der Waals surface area contributed by atoms with Gasteiger partial charge < -0.3 is 19.8 Å². The van der Waals surface area contributed by atoms with E-state index >= 15 is 0 Å². The molecule has 1 aromatic carbocycles. The average Bonchev–Trinajstić information content (AvgIpc) is 3.25. The molecule has 2 aliphatic rings. The van der Waals surface area contributed by atoms with E-state index in [-0.39, 0.29) is 24.1 Å². The standard InChI is InChI=1S/C29H35N3O5Si/c1-7-29(37-27(34)25(30)38(5,6)17(4)16(2)3)21-13-23-24-19(12-18-10-8-9-11-22(18)31-24)14-32(23)26(33)20(21)15-36-28(29)35/h8-13,16-17,25H,7,14-15,30H2,1-6H3. The number of cyclic esters (lactones) is 1. The molecular formula is C29H35N3O5Si. The predicted octanol–water partition coefficient (Wildman–Crippen LogP) is 4.25. The number of rotatable bonds is 6. The molecule has 0 fully saturated rings. The SMILES string of the molecule is CCC1(OC(=O)C(N)[Si](C)(C)C(C)C(C)C)C(=O)OCc2c1cc1n(c2=O)Cc2cc3ccccc3nc2-1. The van der Waals surface area contributed by atoms with Crippen molar-refractivity contribution in [2.24, 2.45) is 11.7 Å². The van der Waals surface area contributed by atoms with Crippen molar-refractivity contribution in [3.05, 3.63) is 63.4 Å². The molecule has 3 unspecified atom stereocenters. The molecule has 9 heteroatoms. The van der Waals surface area contributed by atoms with Gasteiger partial charge in [0.25, 0.3) is 5.56 Å². The molecular weight excluding hydrogens is 498 g/mol. The van der Waals surface area contributed by atoms with Crippen molar-refractivity contribution in [1.29, 1.82) is 0 Å². The fraction of sp³-hybridized carbons (Fsp3) is 0.448. The fourth-order valence-corrected chi connectivity index (χ4v) is 8.71. The van der Waals surface area contributed by atoms with Gasteiger partial charge in [0, 0.05) is 16.5 Å². The summed E-state index contributed by atoms with van der Waals surface area (Å²) < 4.78 is 13.2. The summed E-state index contributed by atoms with van der Waals surface area (Å²) in [6.45, 7) is 12.4. The number of carbonyl (C=O) groups excluding carboxylic acids is 2. The molecule has 0 saturated carbocycles. The van der Waals surface area contributed by atoms with Crippen molar-refractivity contribution in [1.82, 2.24) is 9.55 Å². The van der Waals surface area contributed by atoms with E-state index in [0.717, 1.165) is 16.5 Å². The summed E-state index contributed by atoms with van der Waals surface area (Å²) in [4.78, 5) is 45.4. The number of benzene rings is 1. The topological polar surface area (TPSA) is 114 Å². The monoisotopic (exact) mass is 533 g/mol. The van der Waals surface area contributed by atoms with Crippen molar-refractivity contribution in [3.63, 3.8) is 0 Å². The van der Waals surface area contributed by atoms with Crippen LogP contribution < -0.4 is 11.3 Å². The van der Waals surface area contributed by atoms with Crippen molar-refractivity contribution >= 4 is 30.9 Å². The van der Waals surface area contributed by atoms with E-state index in [2.05, 4.69) is 33.9 Å². The minimum atomic E-state index is -2.31. The summed E-state index contributed by atoms with van der Waals surface area (Å²) in [7, 11) is -2.31. The highest BCUT2D eigenvalue weighted by Crippen LogP contribution is 2.42. The Hall–Kier alpha value is -3.30. The van der Waals surface area contributed by atoms with Crippen LogP contribution in [0.15, 0.2) is 41.2 Å². The van der Waals surface area contributed by atoms with Gasteiger partial charge in [-0.25, -0.2) is 9.78 Å². The lowest BCUT2D eigenvalue weighted by Crippen LogP contribution is -2.59. The Bertz CT molecular complexity index is 1530. The van der Waals surface area contributed by atoms with Gasteiger partial charge in [-0.05, 0) is 36.1 Å². The molecule has 2 aromatic heterocycles. The van der Waals surface area contributed by atoms with Crippen molar-refractivity contribution < 1.29 is 19.1 Å². The van der Waals surface area contributed by atoms with Gasteiger partial charge in [-0.3, -0.25) is 9.59 Å². The summed E-state index contributed by atoms with van der Waals surface area (Å²) in [5, 5.41) is 0.989. The van der Waals surface area contributed by atoms with Gasteiger partial charge in [0.2, 0.25) is 5.60 Å². The average molecular weight is 534 g/mol. The molecule has 200 valence electrons. The van der Waals surface area contributed by atoms with E-state index in [1.807, 2.05) is 30.3 Å². The second-order valence-electron chi connectivity index (χ2n) is 11.5. The summed E-state index contributed by atoms with van der Waals surface area (Å²) in [5.41, 5.74) is 7.63. The third kappa shape index (κ3) is 3.82. The molecule has 0 bridgehead atoms. The number of fused-ring (bicyclic) bond motifs is 5. The molecule has 0 amide bonds. The third-order valence-electron chi connectivity index (χ3n) is 8.89. The van der Waals surface area contributed by atoms with E-state index < -0.39 is 31.3 Å². The van der Waals surface area contributed by atoms with Crippen LogP contribution in [0.1, 0.15) is 50.8 Å². The zero-order valence-electron chi connectivity index (χ0n) is 22.8. The minimum Gasteiger partial charge on any atom is -0.457 e. The highest BCUT2D eigenvalue weighted by molar-refractivity contribution is 6.82. The lowest BCUT2D eigenvalue weighted by atomic mass is 9.85. The van der Waals surface area contributed by atoms with E-state index in [9.17, 15) is 14.4 Å². The highest BCUT2D eigenvalue weighted by Gasteiger charge is 2.52. The Labute approximate surface area is 223 Å². The third-order valence-corrected chi connectivity index (χ3v) is 13.7. The van der Waals surface area contributed by atoms with E-state index in [1.165, 1.54) is 0 Å². The van der Waals surface area contributed by atoms with Crippen molar-refractivity contribution in [2.45, 2.75) is 77.2 Å². The molecule has 5 rings (SSSR count).